The quantitative estimate of drug-likeness (QED) is 0.535. The molecule has 1 aliphatic rings. The van der Waals surface area contributed by atoms with E-state index < -0.39 is 0 Å². The number of rotatable bonds is 7. The van der Waals surface area contributed by atoms with E-state index >= 15 is 0 Å². The number of carbonyl (C=O) groups excluding carboxylic acids is 2. The van der Waals surface area contributed by atoms with E-state index in [-0.39, 0.29) is 30.9 Å². The molecule has 0 bridgehead atoms. The number of aromatic nitrogens is 3. The van der Waals surface area contributed by atoms with E-state index in [0.717, 1.165) is 5.56 Å². The van der Waals surface area contributed by atoms with Gasteiger partial charge in [-0.1, -0.05) is 29.3 Å². The number of nitrogens with one attached hydrogen (secondary N) is 2. The van der Waals surface area contributed by atoms with Gasteiger partial charge in [0.2, 0.25) is 11.9 Å². The Hall–Kier alpha value is -3.30. The van der Waals surface area contributed by atoms with Crippen LogP contribution in [0.15, 0.2) is 42.7 Å². The summed E-state index contributed by atoms with van der Waals surface area (Å²) >= 11 is 11.9. The van der Waals surface area contributed by atoms with Crippen molar-refractivity contribution in [1.82, 2.24) is 14.8 Å². The van der Waals surface area contributed by atoms with E-state index in [1.807, 2.05) is 6.92 Å². The van der Waals surface area contributed by atoms with Crippen LogP contribution >= 0.6 is 23.2 Å². The van der Waals surface area contributed by atoms with Gasteiger partial charge in [0, 0.05) is 15.7 Å². The molecule has 1 aliphatic heterocycles. The number of nitrogens with zero attached hydrogens (tertiary/aromatic N) is 3. The lowest BCUT2D eigenvalue weighted by Gasteiger charge is -2.24. The fraction of sp³-hybridized carbons (Fsp3) is 0.238. The van der Waals surface area contributed by atoms with Gasteiger partial charge in [-0.15, -0.1) is 0 Å². The van der Waals surface area contributed by atoms with Crippen LogP contribution in [0.5, 0.6) is 11.5 Å². The van der Waals surface area contributed by atoms with Gasteiger partial charge < -0.3 is 14.8 Å². The first-order chi connectivity index (χ1) is 15.4. The largest absolute Gasteiger partial charge is 0.490 e. The average Bonchev–Trinajstić information content (AvgIpc) is 3.20. The van der Waals surface area contributed by atoms with E-state index in [4.69, 9.17) is 32.7 Å². The van der Waals surface area contributed by atoms with E-state index in [0.29, 0.717) is 39.8 Å². The maximum Gasteiger partial charge on any atom is 0.262 e. The molecule has 0 saturated carbocycles. The normalized spacial score (nSPS) is 15.0. The van der Waals surface area contributed by atoms with Crippen LogP contribution in [0.3, 0.4) is 0 Å². The SMILES string of the molecule is CCOc1cc([C@@H]2CC(=O)Nc3ncnn32)ccc1OCC(=O)Nc1cc(Cl)cc(Cl)c1. The highest BCUT2D eigenvalue weighted by atomic mass is 35.5. The number of benzene rings is 2. The third kappa shape index (κ3) is 4.95. The summed E-state index contributed by atoms with van der Waals surface area (Å²) < 4.78 is 13.0. The van der Waals surface area contributed by atoms with Gasteiger partial charge in [0.05, 0.1) is 19.1 Å². The minimum atomic E-state index is -0.383. The summed E-state index contributed by atoms with van der Waals surface area (Å²) in [6, 6.07) is 9.71. The summed E-state index contributed by atoms with van der Waals surface area (Å²) in [4.78, 5) is 28.4. The van der Waals surface area contributed by atoms with Gasteiger partial charge in [0.1, 0.15) is 6.33 Å². The highest BCUT2D eigenvalue weighted by Crippen LogP contribution is 2.35. The smallest absolute Gasteiger partial charge is 0.262 e. The van der Waals surface area contributed by atoms with Crippen molar-refractivity contribution in [3.8, 4) is 11.5 Å². The number of hydrogen-bond donors (Lipinski definition) is 2. The molecule has 0 spiro atoms. The van der Waals surface area contributed by atoms with E-state index in [1.165, 1.54) is 6.33 Å². The third-order valence-electron chi connectivity index (χ3n) is 4.66. The second-order valence-electron chi connectivity index (χ2n) is 6.93. The number of carbonyl (C=O) groups is 2. The van der Waals surface area contributed by atoms with Gasteiger partial charge in [0.15, 0.2) is 18.1 Å². The van der Waals surface area contributed by atoms with E-state index in [2.05, 4.69) is 20.7 Å². The predicted molar refractivity (Wildman–Crippen MR) is 120 cm³/mol. The maximum atomic E-state index is 12.3. The molecule has 9 nitrogen and oxygen atoms in total. The van der Waals surface area contributed by atoms with Gasteiger partial charge in [0.25, 0.3) is 5.91 Å². The number of fused-ring (bicyclic) bond motifs is 1. The van der Waals surface area contributed by atoms with Crippen molar-refractivity contribution in [2.45, 2.75) is 19.4 Å². The lowest BCUT2D eigenvalue weighted by molar-refractivity contribution is -0.118. The Balaban J connectivity index is 1.49. The Kier molecular flexibility index (Phi) is 6.48. The topological polar surface area (TPSA) is 107 Å². The van der Waals surface area contributed by atoms with Crippen LogP contribution in [-0.4, -0.2) is 39.8 Å². The van der Waals surface area contributed by atoms with Crippen LogP contribution < -0.4 is 20.1 Å². The number of halogens is 2. The summed E-state index contributed by atoms with van der Waals surface area (Å²) in [6.07, 6.45) is 1.60. The van der Waals surface area contributed by atoms with Crippen molar-refractivity contribution in [2.75, 3.05) is 23.8 Å². The molecule has 1 atom stereocenters. The summed E-state index contributed by atoms with van der Waals surface area (Å²) in [6.45, 7) is 1.99. The minimum absolute atomic E-state index is 0.147. The minimum Gasteiger partial charge on any atom is -0.490 e. The Morgan fingerprint density at radius 3 is 2.72 bits per heavy atom. The molecule has 32 heavy (non-hydrogen) atoms. The summed E-state index contributed by atoms with van der Waals surface area (Å²) in [5, 5.41) is 10.4. The van der Waals surface area contributed by atoms with Crippen molar-refractivity contribution in [3.63, 3.8) is 0 Å². The van der Waals surface area contributed by atoms with Crippen LogP contribution in [0.4, 0.5) is 11.6 Å². The summed E-state index contributed by atoms with van der Waals surface area (Å²) in [5.41, 5.74) is 1.27. The molecular weight excluding hydrogens is 457 g/mol. The first kappa shape index (κ1) is 21.9. The van der Waals surface area contributed by atoms with Crippen LogP contribution in [0.2, 0.25) is 10.0 Å². The van der Waals surface area contributed by atoms with Crippen LogP contribution in [-0.2, 0) is 9.59 Å². The second kappa shape index (κ2) is 9.46. The van der Waals surface area contributed by atoms with Gasteiger partial charge in [-0.25, -0.2) is 4.68 Å². The van der Waals surface area contributed by atoms with Gasteiger partial charge >= 0.3 is 0 Å². The Morgan fingerprint density at radius 1 is 1.19 bits per heavy atom. The van der Waals surface area contributed by atoms with Crippen LogP contribution in [0.25, 0.3) is 0 Å². The highest BCUT2D eigenvalue weighted by Gasteiger charge is 2.28. The zero-order valence-electron chi connectivity index (χ0n) is 17.0. The predicted octanol–water partition coefficient (Wildman–Crippen LogP) is 3.93. The molecule has 0 aliphatic carbocycles. The summed E-state index contributed by atoms with van der Waals surface area (Å²) in [5.74, 6) is 0.713. The molecule has 2 aromatic carbocycles. The van der Waals surface area contributed by atoms with Crippen LogP contribution in [0, 0.1) is 0 Å². The zero-order chi connectivity index (χ0) is 22.7. The first-order valence-corrected chi connectivity index (χ1v) is 10.5. The molecule has 0 fully saturated rings. The van der Waals surface area contributed by atoms with Crippen molar-refractivity contribution in [3.05, 3.63) is 58.3 Å². The highest BCUT2D eigenvalue weighted by molar-refractivity contribution is 6.35. The number of ether oxygens (including phenoxy) is 2. The zero-order valence-corrected chi connectivity index (χ0v) is 18.5. The molecule has 2 amide bonds. The van der Waals surface area contributed by atoms with Gasteiger partial charge in [-0.05, 0) is 42.8 Å². The average molecular weight is 476 g/mol. The number of anilines is 2. The fourth-order valence-electron chi connectivity index (χ4n) is 3.35. The van der Waals surface area contributed by atoms with E-state index in [9.17, 15) is 9.59 Å². The Labute approximate surface area is 193 Å². The molecule has 0 saturated heterocycles. The molecule has 2 heterocycles. The lowest BCUT2D eigenvalue weighted by Crippen LogP contribution is -2.29. The third-order valence-corrected chi connectivity index (χ3v) is 5.09. The lowest BCUT2D eigenvalue weighted by atomic mass is 10.0. The molecule has 1 aromatic heterocycles. The monoisotopic (exact) mass is 475 g/mol. The molecule has 11 heteroatoms. The van der Waals surface area contributed by atoms with Gasteiger partial charge in [-0.2, -0.15) is 10.1 Å². The Morgan fingerprint density at radius 2 is 1.97 bits per heavy atom. The first-order valence-electron chi connectivity index (χ1n) is 9.77. The summed E-state index contributed by atoms with van der Waals surface area (Å²) in [7, 11) is 0. The molecule has 3 aromatic rings. The van der Waals surface area contributed by atoms with Gasteiger partial charge in [-0.3, -0.25) is 14.9 Å². The van der Waals surface area contributed by atoms with Crippen molar-refractivity contribution in [2.24, 2.45) is 0 Å². The molecule has 166 valence electrons. The van der Waals surface area contributed by atoms with Crippen molar-refractivity contribution in [1.29, 1.82) is 0 Å². The van der Waals surface area contributed by atoms with Crippen LogP contribution in [0.1, 0.15) is 24.9 Å². The number of hydrogen-bond acceptors (Lipinski definition) is 6. The molecule has 0 unspecified atom stereocenters. The number of amides is 2. The van der Waals surface area contributed by atoms with Crippen molar-refractivity contribution < 1.29 is 19.1 Å². The Bertz CT molecular complexity index is 1150. The molecule has 2 N–H and O–H groups in total. The molecular formula is C21H19Cl2N5O4. The fourth-order valence-corrected chi connectivity index (χ4v) is 3.88. The maximum absolute atomic E-state index is 12.3. The molecule has 4 rings (SSSR count). The molecule has 0 radical (unpaired) electrons. The second-order valence-corrected chi connectivity index (χ2v) is 7.80. The standard InChI is InChI=1S/C21H19Cl2N5O4/c1-2-31-18-5-12(16-9-19(29)27-21-24-11-25-28(16)21)3-4-17(18)32-10-20(30)26-15-7-13(22)6-14(23)8-15/h3-8,11,16H,2,9-10H2,1H3,(H,26,30)(H,24,25,27,29)/t16-/m0/s1. The van der Waals surface area contributed by atoms with Crippen molar-refractivity contribution >= 4 is 46.7 Å². The van der Waals surface area contributed by atoms with E-state index in [1.54, 1.807) is 41.1 Å².